The fraction of sp³-hybridized carbons (Fsp3) is 0.167. The summed E-state index contributed by atoms with van der Waals surface area (Å²) in [6, 6.07) is 5.09. The minimum atomic E-state index is -0.149. The van der Waals surface area contributed by atoms with Crippen molar-refractivity contribution in [2.45, 2.75) is 0 Å². The molecule has 1 aromatic carbocycles. The first-order valence-corrected chi connectivity index (χ1v) is 5.47. The molecule has 0 aliphatic rings. The van der Waals surface area contributed by atoms with Gasteiger partial charge < -0.3 is 16.4 Å². The lowest BCUT2D eigenvalue weighted by Gasteiger charge is -2.09. The first-order valence-electron chi connectivity index (χ1n) is 5.47. The van der Waals surface area contributed by atoms with Crippen molar-refractivity contribution < 1.29 is 4.79 Å². The highest BCUT2D eigenvalue weighted by molar-refractivity contribution is 5.96. The molecule has 0 aliphatic heterocycles. The van der Waals surface area contributed by atoms with E-state index in [-0.39, 0.29) is 5.91 Å². The van der Waals surface area contributed by atoms with Crippen LogP contribution in [0.15, 0.2) is 30.6 Å². The smallest absolute Gasteiger partial charge is 0.251 e. The van der Waals surface area contributed by atoms with Crippen molar-refractivity contribution in [3.8, 4) is 0 Å². The molecule has 0 fully saturated rings. The maximum atomic E-state index is 11.5. The van der Waals surface area contributed by atoms with E-state index in [2.05, 4.69) is 15.7 Å². The van der Waals surface area contributed by atoms with Gasteiger partial charge in [0.05, 0.1) is 23.3 Å². The molecule has 1 aromatic heterocycles. The van der Waals surface area contributed by atoms with Gasteiger partial charge in [0, 0.05) is 25.9 Å². The molecule has 2 aromatic rings. The van der Waals surface area contributed by atoms with E-state index in [0.717, 1.165) is 5.69 Å². The van der Waals surface area contributed by atoms with E-state index < -0.39 is 0 Å². The molecule has 1 amide bonds. The summed E-state index contributed by atoms with van der Waals surface area (Å²) in [4.78, 5) is 11.5. The highest BCUT2D eigenvalue weighted by atomic mass is 16.1. The average molecular weight is 245 g/mol. The highest BCUT2D eigenvalue weighted by Crippen LogP contribution is 2.24. The summed E-state index contributed by atoms with van der Waals surface area (Å²) >= 11 is 0. The Morgan fingerprint density at radius 2 is 2.22 bits per heavy atom. The molecule has 0 atom stereocenters. The fourth-order valence-electron chi connectivity index (χ4n) is 1.59. The molecule has 2 rings (SSSR count). The van der Waals surface area contributed by atoms with Gasteiger partial charge in [0.2, 0.25) is 0 Å². The molecule has 18 heavy (non-hydrogen) atoms. The Morgan fingerprint density at radius 3 is 2.83 bits per heavy atom. The first kappa shape index (κ1) is 12.0. The third kappa shape index (κ3) is 2.42. The summed E-state index contributed by atoms with van der Waals surface area (Å²) in [5.41, 5.74) is 8.50. The van der Waals surface area contributed by atoms with Crippen LogP contribution in [0.4, 0.5) is 17.1 Å². The molecule has 6 heteroatoms. The van der Waals surface area contributed by atoms with Crippen LogP contribution in [-0.2, 0) is 7.05 Å². The molecule has 6 nitrogen and oxygen atoms in total. The largest absolute Gasteiger partial charge is 0.397 e. The van der Waals surface area contributed by atoms with Crippen LogP contribution in [0.3, 0.4) is 0 Å². The predicted octanol–water partition coefficient (Wildman–Crippen LogP) is 1.11. The van der Waals surface area contributed by atoms with E-state index in [1.54, 1.807) is 36.1 Å². The monoisotopic (exact) mass is 245 g/mol. The molecular weight excluding hydrogens is 230 g/mol. The van der Waals surface area contributed by atoms with Gasteiger partial charge in [-0.05, 0) is 18.2 Å². The number of benzene rings is 1. The number of hydrogen-bond donors (Lipinski definition) is 3. The van der Waals surface area contributed by atoms with Crippen LogP contribution in [-0.4, -0.2) is 22.7 Å². The molecule has 1 heterocycles. The second-order valence-corrected chi connectivity index (χ2v) is 3.91. The van der Waals surface area contributed by atoms with E-state index in [9.17, 15) is 4.79 Å². The van der Waals surface area contributed by atoms with Crippen LogP contribution in [0.25, 0.3) is 0 Å². The Balaban J connectivity index is 2.29. The summed E-state index contributed by atoms with van der Waals surface area (Å²) < 4.78 is 1.68. The number of hydrogen-bond acceptors (Lipinski definition) is 4. The lowest BCUT2D eigenvalue weighted by atomic mass is 10.1. The Kier molecular flexibility index (Phi) is 3.18. The second-order valence-electron chi connectivity index (χ2n) is 3.91. The Bertz CT molecular complexity index is 576. The molecule has 0 saturated carbocycles. The number of carbonyl (C=O) groups excluding carboxylic acids is 1. The number of amides is 1. The molecule has 0 aliphatic carbocycles. The summed E-state index contributed by atoms with van der Waals surface area (Å²) in [6.45, 7) is 0. The number of nitrogens with zero attached hydrogens (tertiary/aromatic N) is 2. The van der Waals surface area contributed by atoms with Crippen LogP contribution in [0.1, 0.15) is 10.4 Å². The van der Waals surface area contributed by atoms with Crippen molar-refractivity contribution in [2.75, 3.05) is 18.1 Å². The topological polar surface area (TPSA) is 85.0 Å². The van der Waals surface area contributed by atoms with Gasteiger partial charge in [0.15, 0.2) is 0 Å². The maximum Gasteiger partial charge on any atom is 0.251 e. The third-order valence-corrected chi connectivity index (χ3v) is 2.53. The minimum Gasteiger partial charge on any atom is -0.397 e. The van der Waals surface area contributed by atoms with Gasteiger partial charge in [-0.2, -0.15) is 5.10 Å². The number of nitrogens with two attached hydrogens (primary N) is 1. The summed E-state index contributed by atoms with van der Waals surface area (Å²) in [5.74, 6) is -0.149. The van der Waals surface area contributed by atoms with Crippen molar-refractivity contribution in [3.05, 3.63) is 36.2 Å². The summed E-state index contributed by atoms with van der Waals surface area (Å²) in [6.07, 6.45) is 3.51. The zero-order chi connectivity index (χ0) is 13.1. The zero-order valence-electron chi connectivity index (χ0n) is 10.3. The highest BCUT2D eigenvalue weighted by Gasteiger charge is 2.07. The van der Waals surface area contributed by atoms with Gasteiger partial charge in [-0.15, -0.1) is 0 Å². The quantitative estimate of drug-likeness (QED) is 0.707. The number of carbonyl (C=O) groups is 1. The van der Waals surface area contributed by atoms with Crippen LogP contribution in [0.2, 0.25) is 0 Å². The molecular formula is C12H15N5O. The average Bonchev–Trinajstić information content (AvgIpc) is 2.76. The second kappa shape index (κ2) is 4.79. The van der Waals surface area contributed by atoms with Gasteiger partial charge in [0.25, 0.3) is 5.91 Å². The predicted molar refractivity (Wildman–Crippen MR) is 70.7 cm³/mol. The lowest BCUT2D eigenvalue weighted by Crippen LogP contribution is -2.17. The minimum absolute atomic E-state index is 0.149. The normalized spacial score (nSPS) is 10.1. The SMILES string of the molecule is CNC(=O)c1ccc(N)c(Nc2cnn(C)c2)c1. The third-order valence-electron chi connectivity index (χ3n) is 2.53. The van der Waals surface area contributed by atoms with Crippen LogP contribution >= 0.6 is 0 Å². The zero-order valence-corrected chi connectivity index (χ0v) is 10.3. The Hall–Kier alpha value is -2.50. The fourth-order valence-corrected chi connectivity index (χ4v) is 1.59. The van der Waals surface area contributed by atoms with E-state index in [1.807, 2.05) is 13.2 Å². The van der Waals surface area contributed by atoms with E-state index in [1.165, 1.54) is 0 Å². The van der Waals surface area contributed by atoms with Crippen LogP contribution < -0.4 is 16.4 Å². The molecule has 0 bridgehead atoms. The van der Waals surface area contributed by atoms with Crippen molar-refractivity contribution in [3.63, 3.8) is 0 Å². The van der Waals surface area contributed by atoms with Gasteiger partial charge in [-0.3, -0.25) is 9.48 Å². The van der Waals surface area contributed by atoms with E-state index in [4.69, 9.17) is 5.73 Å². The molecule has 0 unspecified atom stereocenters. The van der Waals surface area contributed by atoms with Gasteiger partial charge in [0.1, 0.15) is 0 Å². The number of rotatable bonds is 3. The van der Waals surface area contributed by atoms with Crippen LogP contribution in [0.5, 0.6) is 0 Å². The molecule has 94 valence electrons. The van der Waals surface area contributed by atoms with Gasteiger partial charge in [-0.1, -0.05) is 0 Å². The van der Waals surface area contributed by atoms with Gasteiger partial charge >= 0.3 is 0 Å². The maximum absolute atomic E-state index is 11.5. The first-order chi connectivity index (χ1) is 8.60. The number of aryl methyl sites for hydroxylation is 1. The van der Waals surface area contributed by atoms with E-state index >= 15 is 0 Å². The van der Waals surface area contributed by atoms with E-state index in [0.29, 0.717) is 16.9 Å². The number of aromatic nitrogens is 2. The standard InChI is InChI=1S/C12H15N5O/c1-14-12(18)8-3-4-10(13)11(5-8)16-9-6-15-17(2)7-9/h3-7,16H,13H2,1-2H3,(H,14,18). The summed E-state index contributed by atoms with van der Waals surface area (Å²) in [5, 5.41) is 9.75. The molecule has 4 N–H and O–H groups in total. The Labute approximate surface area is 105 Å². The van der Waals surface area contributed by atoms with Crippen molar-refractivity contribution >= 4 is 23.0 Å². The number of nitrogens with one attached hydrogen (secondary N) is 2. The molecule has 0 spiro atoms. The molecule has 0 saturated heterocycles. The number of nitrogen functional groups attached to an aromatic ring is 1. The van der Waals surface area contributed by atoms with Gasteiger partial charge in [-0.25, -0.2) is 0 Å². The van der Waals surface area contributed by atoms with Crippen molar-refractivity contribution in [1.29, 1.82) is 0 Å². The lowest BCUT2D eigenvalue weighted by molar-refractivity contribution is 0.0963. The van der Waals surface area contributed by atoms with Crippen molar-refractivity contribution in [1.82, 2.24) is 15.1 Å². The summed E-state index contributed by atoms with van der Waals surface area (Å²) in [7, 11) is 3.42. The van der Waals surface area contributed by atoms with Crippen LogP contribution in [0, 0.1) is 0 Å². The van der Waals surface area contributed by atoms with Crippen molar-refractivity contribution in [2.24, 2.45) is 7.05 Å². The Morgan fingerprint density at radius 1 is 1.44 bits per heavy atom. The molecule has 0 radical (unpaired) electrons. The number of anilines is 3.